The summed E-state index contributed by atoms with van der Waals surface area (Å²) in [6.07, 6.45) is 1.22. The highest BCUT2D eigenvalue weighted by Crippen LogP contribution is 2.10. The number of nitrogens with one attached hydrogen (secondary N) is 2. The van der Waals surface area contributed by atoms with Gasteiger partial charge in [0.15, 0.2) is 0 Å². The molecule has 2 N–H and O–H groups in total. The zero-order valence-corrected chi connectivity index (χ0v) is 10.4. The molecule has 90 valence electrons. The summed E-state index contributed by atoms with van der Waals surface area (Å²) in [7, 11) is 0. The van der Waals surface area contributed by atoms with Gasteiger partial charge in [-0.3, -0.25) is 0 Å². The second kappa shape index (κ2) is 7.20. The number of hydrogen-bond acceptors (Lipinski definition) is 3. The van der Waals surface area contributed by atoms with Crippen molar-refractivity contribution in [1.82, 2.24) is 10.6 Å². The molecule has 3 nitrogen and oxygen atoms in total. The molecular formula is C12H26N2O. The molecule has 3 heteroatoms. The van der Waals surface area contributed by atoms with Crippen molar-refractivity contribution in [3.05, 3.63) is 0 Å². The first-order valence-corrected chi connectivity index (χ1v) is 6.20. The Morgan fingerprint density at radius 1 is 1.27 bits per heavy atom. The van der Waals surface area contributed by atoms with E-state index in [1.54, 1.807) is 0 Å². The molecule has 1 heterocycles. The average Bonchev–Trinajstić information content (AvgIpc) is 2.66. The molecule has 0 aromatic carbocycles. The van der Waals surface area contributed by atoms with Gasteiger partial charge in [0.05, 0.1) is 6.61 Å². The Kier molecular flexibility index (Phi) is 6.22. The Hall–Kier alpha value is -0.120. The fourth-order valence-corrected chi connectivity index (χ4v) is 1.77. The van der Waals surface area contributed by atoms with Gasteiger partial charge in [0.25, 0.3) is 0 Å². The first-order valence-electron chi connectivity index (χ1n) is 6.20. The minimum absolute atomic E-state index is 0.560. The Bertz CT molecular complexity index is 156. The van der Waals surface area contributed by atoms with Gasteiger partial charge in [0.1, 0.15) is 0 Å². The topological polar surface area (TPSA) is 33.3 Å². The highest BCUT2D eigenvalue weighted by molar-refractivity contribution is 4.71. The van der Waals surface area contributed by atoms with Crippen LogP contribution in [0.15, 0.2) is 0 Å². The molecular weight excluding hydrogens is 188 g/mol. The Morgan fingerprint density at radius 2 is 2.07 bits per heavy atom. The zero-order chi connectivity index (χ0) is 11.1. The van der Waals surface area contributed by atoms with Crippen LogP contribution in [0, 0.1) is 11.8 Å². The third-order valence-electron chi connectivity index (χ3n) is 2.78. The number of hydrogen-bond donors (Lipinski definition) is 2. The molecule has 0 saturated carbocycles. The molecule has 0 aromatic heterocycles. The van der Waals surface area contributed by atoms with E-state index < -0.39 is 0 Å². The van der Waals surface area contributed by atoms with Crippen LogP contribution in [-0.2, 0) is 4.74 Å². The molecule has 15 heavy (non-hydrogen) atoms. The normalized spacial score (nSPS) is 23.6. The molecule has 0 radical (unpaired) electrons. The standard InChI is InChI=1S/C12H26N2O/c1-10(2)6-13-7-11(3)14-8-12-4-5-15-9-12/h10-14H,4-9H2,1-3H3. The molecule has 0 aliphatic carbocycles. The third kappa shape index (κ3) is 6.13. The van der Waals surface area contributed by atoms with Gasteiger partial charge >= 0.3 is 0 Å². The maximum absolute atomic E-state index is 5.35. The Balaban J connectivity index is 1.95. The maximum Gasteiger partial charge on any atom is 0.0507 e. The van der Waals surface area contributed by atoms with Gasteiger partial charge in [-0.1, -0.05) is 13.8 Å². The van der Waals surface area contributed by atoms with Crippen LogP contribution in [0.4, 0.5) is 0 Å². The molecule has 0 aromatic rings. The first-order chi connectivity index (χ1) is 7.18. The minimum atomic E-state index is 0.560. The van der Waals surface area contributed by atoms with Crippen LogP contribution in [-0.4, -0.2) is 38.9 Å². The molecule has 1 rings (SSSR count). The van der Waals surface area contributed by atoms with Crippen LogP contribution < -0.4 is 10.6 Å². The third-order valence-corrected chi connectivity index (χ3v) is 2.78. The number of rotatable bonds is 7. The molecule has 0 amide bonds. The molecule has 0 bridgehead atoms. The van der Waals surface area contributed by atoms with Gasteiger partial charge < -0.3 is 15.4 Å². The fraction of sp³-hybridized carbons (Fsp3) is 1.00. The molecule has 1 saturated heterocycles. The van der Waals surface area contributed by atoms with Crippen molar-refractivity contribution in [2.75, 3.05) is 32.8 Å². The first kappa shape index (κ1) is 12.9. The van der Waals surface area contributed by atoms with Crippen molar-refractivity contribution in [3.8, 4) is 0 Å². The fourth-order valence-electron chi connectivity index (χ4n) is 1.77. The van der Waals surface area contributed by atoms with E-state index in [4.69, 9.17) is 4.74 Å². The van der Waals surface area contributed by atoms with Crippen LogP contribution in [0.3, 0.4) is 0 Å². The van der Waals surface area contributed by atoms with E-state index in [2.05, 4.69) is 31.4 Å². The van der Waals surface area contributed by atoms with Gasteiger partial charge in [-0.05, 0) is 31.7 Å². The van der Waals surface area contributed by atoms with Crippen molar-refractivity contribution in [2.24, 2.45) is 11.8 Å². The quantitative estimate of drug-likeness (QED) is 0.669. The highest BCUT2D eigenvalue weighted by Gasteiger charge is 2.15. The van der Waals surface area contributed by atoms with Crippen LogP contribution >= 0.6 is 0 Å². The summed E-state index contributed by atoms with van der Waals surface area (Å²) >= 11 is 0. The van der Waals surface area contributed by atoms with E-state index in [0.717, 1.165) is 44.7 Å². The lowest BCUT2D eigenvalue weighted by atomic mass is 10.1. The second-order valence-electron chi connectivity index (χ2n) is 5.09. The summed E-state index contributed by atoms with van der Waals surface area (Å²) in [5, 5.41) is 7.02. The van der Waals surface area contributed by atoms with E-state index in [0.29, 0.717) is 6.04 Å². The zero-order valence-electron chi connectivity index (χ0n) is 10.4. The lowest BCUT2D eigenvalue weighted by Gasteiger charge is -2.17. The summed E-state index contributed by atoms with van der Waals surface area (Å²) in [4.78, 5) is 0. The largest absolute Gasteiger partial charge is 0.381 e. The summed E-state index contributed by atoms with van der Waals surface area (Å²) in [6, 6.07) is 0.560. The summed E-state index contributed by atoms with van der Waals surface area (Å²) in [6.45, 7) is 11.9. The second-order valence-corrected chi connectivity index (χ2v) is 5.09. The van der Waals surface area contributed by atoms with Crippen LogP contribution in [0.1, 0.15) is 27.2 Å². The van der Waals surface area contributed by atoms with E-state index in [-0.39, 0.29) is 0 Å². The Labute approximate surface area is 94.0 Å². The van der Waals surface area contributed by atoms with E-state index in [1.807, 2.05) is 0 Å². The smallest absolute Gasteiger partial charge is 0.0507 e. The summed E-state index contributed by atoms with van der Waals surface area (Å²) in [5.41, 5.74) is 0. The SMILES string of the molecule is CC(C)CNCC(C)NCC1CCOC1. The van der Waals surface area contributed by atoms with Crippen molar-refractivity contribution in [2.45, 2.75) is 33.2 Å². The van der Waals surface area contributed by atoms with Crippen LogP contribution in [0.5, 0.6) is 0 Å². The van der Waals surface area contributed by atoms with Crippen LogP contribution in [0.2, 0.25) is 0 Å². The lowest BCUT2D eigenvalue weighted by molar-refractivity contribution is 0.184. The van der Waals surface area contributed by atoms with Crippen molar-refractivity contribution < 1.29 is 4.74 Å². The maximum atomic E-state index is 5.35. The molecule has 1 aliphatic heterocycles. The molecule has 1 aliphatic rings. The van der Waals surface area contributed by atoms with Crippen molar-refractivity contribution in [3.63, 3.8) is 0 Å². The summed E-state index contributed by atoms with van der Waals surface area (Å²) < 4.78 is 5.35. The van der Waals surface area contributed by atoms with Gasteiger partial charge in [-0.25, -0.2) is 0 Å². The average molecular weight is 214 g/mol. The minimum Gasteiger partial charge on any atom is -0.381 e. The predicted octanol–water partition coefficient (Wildman–Crippen LogP) is 1.25. The van der Waals surface area contributed by atoms with E-state index in [1.165, 1.54) is 6.42 Å². The Morgan fingerprint density at radius 3 is 2.67 bits per heavy atom. The molecule has 2 atom stereocenters. The predicted molar refractivity (Wildman–Crippen MR) is 64.1 cm³/mol. The van der Waals surface area contributed by atoms with Gasteiger partial charge in [-0.15, -0.1) is 0 Å². The molecule has 1 fully saturated rings. The van der Waals surface area contributed by atoms with Gasteiger partial charge in [0.2, 0.25) is 0 Å². The van der Waals surface area contributed by atoms with Crippen molar-refractivity contribution >= 4 is 0 Å². The summed E-state index contributed by atoms with van der Waals surface area (Å²) in [5.74, 6) is 1.47. The van der Waals surface area contributed by atoms with Crippen LogP contribution in [0.25, 0.3) is 0 Å². The monoisotopic (exact) mass is 214 g/mol. The highest BCUT2D eigenvalue weighted by atomic mass is 16.5. The molecule has 0 spiro atoms. The number of ether oxygens (including phenoxy) is 1. The van der Waals surface area contributed by atoms with Crippen molar-refractivity contribution in [1.29, 1.82) is 0 Å². The van der Waals surface area contributed by atoms with Gasteiger partial charge in [-0.2, -0.15) is 0 Å². The molecule has 2 unspecified atom stereocenters. The van der Waals surface area contributed by atoms with E-state index >= 15 is 0 Å². The lowest BCUT2D eigenvalue weighted by Crippen LogP contribution is -2.39. The van der Waals surface area contributed by atoms with Gasteiger partial charge in [0, 0.05) is 25.7 Å². The van der Waals surface area contributed by atoms with E-state index in [9.17, 15) is 0 Å².